The third-order valence-corrected chi connectivity index (χ3v) is 2.36. The van der Waals surface area contributed by atoms with Crippen LogP contribution in [-0.4, -0.2) is 18.4 Å². The zero-order valence-electron chi connectivity index (χ0n) is 7.43. The maximum atomic E-state index is 11.1. The average molecular weight is 198 g/mol. The molecule has 0 fully saturated rings. The van der Waals surface area contributed by atoms with Gasteiger partial charge in [0.15, 0.2) is 11.1 Å². The van der Waals surface area contributed by atoms with Crippen LogP contribution in [-0.2, 0) is 15.3 Å². The van der Waals surface area contributed by atoms with E-state index in [4.69, 9.17) is 0 Å². The van der Waals surface area contributed by atoms with Crippen LogP contribution in [0.25, 0.3) is 0 Å². The Balaban J connectivity index is 2.87. The molecule has 1 aromatic carbocycles. The Morgan fingerprint density at radius 2 is 1.92 bits per heavy atom. The molecule has 1 unspecified atom stereocenters. The van der Waals surface area contributed by atoms with Crippen molar-refractivity contribution in [2.45, 2.75) is 4.90 Å². The van der Waals surface area contributed by atoms with E-state index in [1.54, 1.807) is 31.3 Å². The highest BCUT2D eigenvalue weighted by Gasteiger charge is 2.00. The first kappa shape index (κ1) is 10.0. The summed E-state index contributed by atoms with van der Waals surface area (Å²) in [6.45, 7) is 0. The van der Waals surface area contributed by atoms with Gasteiger partial charge in [-0.3, -0.25) is 4.18 Å². The molecule has 0 aliphatic rings. The number of nitrogens with zero attached hydrogens (tertiary/aromatic N) is 2. The summed E-state index contributed by atoms with van der Waals surface area (Å²) in [6.07, 6.45) is 0. The van der Waals surface area contributed by atoms with Gasteiger partial charge in [-0.2, -0.15) is 10.2 Å². The molecule has 4 nitrogen and oxygen atoms in total. The van der Waals surface area contributed by atoms with Crippen molar-refractivity contribution < 1.29 is 8.39 Å². The normalized spacial score (nSPS) is 13.4. The van der Waals surface area contributed by atoms with E-state index < -0.39 is 11.1 Å². The maximum absolute atomic E-state index is 11.1. The Bertz CT molecular complexity index is 321. The number of rotatable bonds is 3. The fraction of sp³-hybridized carbons (Fsp3) is 0.250. The topological polar surface area (TPSA) is 51.0 Å². The van der Waals surface area contributed by atoms with Crippen LogP contribution in [0.15, 0.2) is 39.4 Å². The van der Waals surface area contributed by atoms with E-state index in [0.717, 1.165) is 5.69 Å². The summed E-state index contributed by atoms with van der Waals surface area (Å²) < 4.78 is 15.8. The highest BCUT2D eigenvalue weighted by Crippen LogP contribution is 2.15. The SMILES string of the molecule is CN=Nc1ccc(S(=O)OC)cc1. The molecule has 0 radical (unpaired) electrons. The molecule has 0 amide bonds. The maximum Gasteiger partial charge on any atom is 0.188 e. The van der Waals surface area contributed by atoms with Gasteiger partial charge in [-0.15, -0.1) is 0 Å². The quantitative estimate of drug-likeness (QED) is 0.698. The van der Waals surface area contributed by atoms with Crippen molar-refractivity contribution in [3.8, 4) is 0 Å². The van der Waals surface area contributed by atoms with E-state index in [2.05, 4.69) is 14.4 Å². The van der Waals surface area contributed by atoms with Gasteiger partial charge in [-0.1, -0.05) is 0 Å². The molecule has 0 aliphatic heterocycles. The van der Waals surface area contributed by atoms with Crippen molar-refractivity contribution in [2.24, 2.45) is 10.2 Å². The van der Waals surface area contributed by atoms with Crippen LogP contribution in [0.3, 0.4) is 0 Å². The zero-order valence-corrected chi connectivity index (χ0v) is 8.25. The molecule has 0 saturated carbocycles. The van der Waals surface area contributed by atoms with Crippen molar-refractivity contribution in [3.63, 3.8) is 0 Å². The number of hydrogen-bond acceptors (Lipinski definition) is 4. The van der Waals surface area contributed by atoms with Gasteiger partial charge < -0.3 is 0 Å². The first-order chi connectivity index (χ1) is 6.27. The summed E-state index contributed by atoms with van der Waals surface area (Å²) in [7, 11) is 3.00. The summed E-state index contributed by atoms with van der Waals surface area (Å²) in [5.41, 5.74) is 0.736. The van der Waals surface area contributed by atoms with Gasteiger partial charge in [0.25, 0.3) is 0 Å². The molecule has 13 heavy (non-hydrogen) atoms. The molecule has 0 spiro atoms. The Hall–Kier alpha value is -1.07. The third-order valence-electron chi connectivity index (χ3n) is 1.40. The monoisotopic (exact) mass is 198 g/mol. The molecule has 70 valence electrons. The second kappa shape index (κ2) is 4.84. The number of azo groups is 1. The Kier molecular flexibility index (Phi) is 3.72. The molecule has 0 aromatic heterocycles. The summed E-state index contributed by atoms with van der Waals surface area (Å²) in [5, 5.41) is 7.44. The van der Waals surface area contributed by atoms with Crippen molar-refractivity contribution in [1.82, 2.24) is 0 Å². The van der Waals surface area contributed by atoms with Gasteiger partial charge in [0.05, 0.1) is 17.7 Å². The van der Waals surface area contributed by atoms with E-state index in [1.807, 2.05) is 0 Å². The minimum atomic E-state index is -1.37. The van der Waals surface area contributed by atoms with E-state index in [0.29, 0.717) is 4.90 Å². The van der Waals surface area contributed by atoms with Crippen molar-refractivity contribution in [2.75, 3.05) is 14.2 Å². The van der Waals surface area contributed by atoms with Crippen LogP contribution in [0.1, 0.15) is 0 Å². The van der Waals surface area contributed by atoms with Crippen LogP contribution in [0.2, 0.25) is 0 Å². The number of hydrogen-bond donors (Lipinski definition) is 0. The van der Waals surface area contributed by atoms with Crippen LogP contribution >= 0.6 is 0 Å². The molecule has 0 saturated heterocycles. The largest absolute Gasteiger partial charge is 0.290 e. The molecular weight excluding hydrogens is 188 g/mol. The van der Waals surface area contributed by atoms with Gasteiger partial charge in [0.1, 0.15) is 0 Å². The summed E-state index contributed by atoms with van der Waals surface area (Å²) in [5.74, 6) is 0. The van der Waals surface area contributed by atoms with Crippen LogP contribution in [0.5, 0.6) is 0 Å². The standard InChI is InChI=1S/C8H10N2O2S/c1-9-10-7-3-5-8(6-4-7)13(11)12-2/h3-6H,1-2H3. The fourth-order valence-corrected chi connectivity index (χ4v) is 1.39. The Morgan fingerprint density at radius 3 is 2.38 bits per heavy atom. The Labute approximate surface area is 79.3 Å². The van der Waals surface area contributed by atoms with Crippen molar-refractivity contribution in [3.05, 3.63) is 24.3 Å². The minimum Gasteiger partial charge on any atom is -0.290 e. The van der Waals surface area contributed by atoms with E-state index in [-0.39, 0.29) is 0 Å². The predicted octanol–water partition coefficient (Wildman–Crippen LogP) is 2.07. The summed E-state index contributed by atoms with van der Waals surface area (Å²) in [4.78, 5) is 0.623. The lowest BCUT2D eigenvalue weighted by molar-refractivity contribution is 0.446. The van der Waals surface area contributed by atoms with Crippen LogP contribution in [0.4, 0.5) is 5.69 Å². The van der Waals surface area contributed by atoms with E-state index in [1.165, 1.54) is 7.11 Å². The zero-order chi connectivity index (χ0) is 9.68. The highest BCUT2D eigenvalue weighted by atomic mass is 32.2. The average Bonchev–Trinajstić information content (AvgIpc) is 2.18. The van der Waals surface area contributed by atoms with Gasteiger partial charge in [-0.25, -0.2) is 4.21 Å². The fourth-order valence-electron chi connectivity index (χ4n) is 0.836. The minimum absolute atomic E-state index is 0.623. The number of benzene rings is 1. The van der Waals surface area contributed by atoms with E-state index >= 15 is 0 Å². The van der Waals surface area contributed by atoms with Gasteiger partial charge in [0.2, 0.25) is 0 Å². The lowest BCUT2D eigenvalue weighted by atomic mass is 10.3. The van der Waals surface area contributed by atoms with Gasteiger partial charge in [-0.05, 0) is 24.3 Å². The second-order valence-electron chi connectivity index (χ2n) is 2.20. The van der Waals surface area contributed by atoms with Crippen LogP contribution < -0.4 is 0 Å². The molecule has 1 aromatic rings. The Morgan fingerprint density at radius 1 is 1.31 bits per heavy atom. The molecule has 1 rings (SSSR count). The summed E-state index contributed by atoms with van der Waals surface area (Å²) >= 11 is -1.37. The lowest BCUT2D eigenvalue weighted by Gasteiger charge is -1.97. The molecule has 5 heteroatoms. The molecule has 0 heterocycles. The van der Waals surface area contributed by atoms with Crippen molar-refractivity contribution >= 4 is 16.8 Å². The predicted molar refractivity (Wildman–Crippen MR) is 50.3 cm³/mol. The molecule has 1 atom stereocenters. The second-order valence-corrected chi connectivity index (χ2v) is 3.47. The molecule has 0 bridgehead atoms. The molecular formula is C8H10N2O2S. The van der Waals surface area contributed by atoms with Crippen molar-refractivity contribution in [1.29, 1.82) is 0 Å². The molecule has 0 aliphatic carbocycles. The molecule has 0 N–H and O–H groups in total. The van der Waals surface area contributed by atoms with E-state index in [9.17, 15) is 4.21 Å². The highest BCUT2D eigenvalue weighted by molar-refractivity contribution is 7.80. The smallest absolute Gasteiger partial charge is 0.188 e. The first-order valence-corrected chi connectivity index (χ1v) is 4.71. The first-order valence-electron chi connectivity index (χ1n) is 3.64. The summed E-state index contributed by atoms with van der Waals surface area (Å²) in [6, 6.07) is 6.87. The lowest BCUT2D eigenvalue weighted by Crippen LogP contribution is -1.91. The van der Waals surface area contributed by atoms with Gasteiger partial charge >= 0.3 is 0 Å². The van der Waals surface area contributed by atoms with Gasteiger partial charge in [0, 0.05) is 7.05 Å². The third kappa shape index (κ3) is 2.71. The van der Waals surface area contributed by atoms with Crippen LogP contribution in [0, 0.1) is 0 Å².